The molecule has 0 bridgehead atoms. The third kappa shape index (κ3) is 2.71. The number of hydrogen-bond donors (Lipinski definition) is 2. The molecule has 1 unspecified atom stereocenters. The van der Waals surface area contributed by atoms with Crippen molar-refractivity contribution >= 4 is 0 Å². The van der Waals surface area contributed by atoms with Gasteiger partial charge < -0.3 is 10.4 Å². The van der Waals surface area contributed by atoms with Gasteiger partial charge in [-0.3, -0.25) is 0 Å². The molecular formula is C14H19NO. The van der Waals surface area contributed by atoms with Gasteiger partial charge in [0, 0.05) is 12.6 Å². The van der Waals surface area contributed by atoms with Crippen LogP contribution in [0.15, 0.2) is 42.5 Å². The lowest BCUT2D eigenvalue weighted by Gasteiger charge is -2.26. The predicted molar refractivity (Wildman–Crippen MR) is 66.2 cm³/mol. The van der Waals surface area contributed by atoms with Gasteiger partial charge in [0.25, 0.3) is 0 Å². The normalized spacial score (nSPS) is 19.9. The van der Waals surface area contributed by atoms with Gasteiger partial charge in [-0.05, 0) is 25.3 Å². The average molecular weight is 217 g/mol. The van der Waals surface area contributed by atoms with Crippen molar-refractivity contribution in [1.29, 1.82) is 0 Å². The van der Waals surface area contributed by atoms with E-state index >= 15 is 0 Å². The minimum atomic E-state index is -0.788. The molecule has 16 heavy (non-hydrogen) atoms. The smallest absolute Gasteiger partial charge is 0.0992 e. The van der Waals surface area contributed by atoms with Gasteiger partial charge >= 0.3 is 0 Å². The third-order valence-electron chi connectivity index (χ3n) is 3.14. The van der Waals surface area contributed by atoms with Crippen LogP contribution in [0.2, 0.25) is 0 Å². The molecule has 0 heterocycles. The van der Waals surface area contributed by atoms with E-state index in [-0.39, 0.29) is 0 Å². The van der Waals surface area contributed by atoms with Gasteiger partial charge in [0.2, 0.25) is 0 Å². The Morgan fingerprint density at radius 2 is 1.88 bits per heavy atom. The van der Waals surface area contributed by atoms with E-state index < -0.39 is 5.60 Å². The first-order chi connectivity index (χ1) is 7.68. The van der Waals surface area contributed by atoms with E-state index in [0.717, 1.165) is 18.4 Å². The van der Waals surface area contributed by atoms with E-state index in [1.807, 2.05) is 37.3 Å². The summed E-state index contributed by atoms with van der Waals surface area (Å²) in [6.45, 7) is 2.46. The number of benzene rings is 1. The largest absolute Gasteiger partial charge is 0.384 e. The van der Waals surface area contributed by atoms with E-state index in [9.17, 15) is 5.11 Å². The highest BCUT2D eigenvalue weighted by Crippen LogP contribution is 2.20. The van der Waals surface area contributed by atoms with E-state index in [0.29, 0.717) is 12.6 Å². The second-order valence-electron chi connectivity index (χ2n) is 4.66. The monoisotopic (exact) mass is 217 g/mol. The number of rotatable bonds is 4. The highest BCUT2D eigenvalue weighted by molar-refractivity contribution is 5.21. The van der Waals surface area contributed by atoms with E-state index in [4.69, 9.17) is 0 Å². The molecule has 2 nitrogen and oxygen atoms in total. The Morgan fingerprint density at radius 3 is 2.50 bits per heavy atom. The summed E-state index contributed by atoms with van der Waals surface area (Å²) in [5.74, 6) is 0. The van der Waals surface area contributed by atoms with Crippen LogP contribution in [0.25, 0.3) is 0 Å². The van der Waals surface area contributed by atoms with Crippen LogP contribution in [0.4, 0.5) is 0 Å². The van der Waals surface area contributed by atoms with Crippen LogP contribution in [0.1, 0.15) is 25.3 Å². The van der Waals surface area contributed by atoms with Crippen LogP contribution >= 0.6 is 0 Å². The molecule has 0 saturated heterocycles. The van der Waals surface area contributed by atoms with Crippen LogP contribution in [0, 0.1) is 0 Å². The molecule has 0 amide bonds. The second-order valence-corrected chi connectivity index (χ2v) is 4.66. The summed E-state index contributed by atoms with van der Waals surface area (Å²) in [6.07, 6.45) is 6.53. The summed E-state index contributed by atoms with van der Waals surface area (Å²) in [5, 5.41) is 13.8. The standard InChI is InChI=1S/C14H19NO/c1-14(16,12-7-3-2-4-8-12)11-15-13-9-5-6-10-13/h2-8,13,15-16H,9-11H2,1H3. The molecule has 0 radical (unpaired) electrons. The first-order valence-corrected chi connectivity index (χ1v) is 5.85. The molecule has 1 atom stereocenters. The van der Waals surface area contributed by atoms with Gasteiger partial charge in [-0.25, -0.2) is 0 Å². The van der Waals surface area contributed by atoms with E-state index in [1.165, 1.54) is 0 Å². The van der Waals surface area contributed by atoms with Crippen molar-refractivity contribution in [3.05, 3.63) is 48.0 Å². The number of aliphatic hydroxyl groups is 1. The van der Waals surface area contributed by atoms with E-state index in [1.54, 1.807) is 0 Å². The molecule has 1 aromatic rings. The maximum absolute atomic E-state index is 10.4. The van der Waals surface area contributed by atoms with Gasteiger partial charge in [0.1, 0.15) is 0 Å². The fourth-order valence-corrected chi connectivity index (χ4v) is 2.03. The predicted octanol–water partition coefficient (Wildman–Crippen LogP) is 2.20. The molecule has 0 spiro atoms. The molecule has 0 saturated carbocycles. The molecule has 2 N–H and O–H groups in total. The molecule has 2 rings (SSSR count). The molecule has 0 aliphatic heterocycles. The Morgan fingerprint density at radius 1 is 1.25 bits per heavy atom. The zero-order chi connectivity index (χ0) is 11.4. The summed E-state index contributed by atoms with van der Waals surface area (Å²) >= 11 is 0. The van der Waals surface area contributed by atoms with Crippen molar-refractivity contribution in [1.82, 2.24) is 5.32 Å². The summed E-state index contributed by atoms with van der Waals surface area (Å²) in [4.78, 5) is 0. The van der Waals surface area contributed by atoms with Gasteiger partial charge in [0.15, 0.2) is 0 Å². The fraction of sp³-hybridized carbons (Fsp3) is 0.429. The lowest BCUT2D eigenvalue weighted by atomic mass is 9.95. The average Bonchev–Trinajstić information content (AvgIpc) is 2.81. The van der Waals surface area contributed by atoms with Crippen molar-refractivity contribution in [2.75, 3.05) is 6.54 Å². The van der Waals surface area contributed by atoms with Crippen LogP contribution in [0.5, 0.6) is 0 Å². The summed E-state index contributed by atoms with van der Waals surface area (Å²) in [7, 11) is 0. The van der Waals surface area contributed by atoms with Crippen LogP contribution in [0.3, 0.4) is 0 Å². The van der Waals surface area contributed by atoms with Crippen molar-refractivity contribution in [2.45, 2.75) is 31.4 Å². The quantitative estimate of drug-likeness (QED) is 0.758. The van der Waals surface area contributed by atoms with Gasteiger partial charge in [-0.2, -0.15) is 0 Å². The number of hydrogen-bond acceptors (Lipinski definition) is 2. The highest BCUT2D eigenvalue weighted by Gasteiger charge is 2.23. The van der Waals surface area contributed by atoms with Crippen molar-refractivity contribution in [2.24, 2.45) is 0 Å². The third-order valence-corrected chi connectivity index (χ3v) is 3.14. The van der Waals surface area contributed by atoms with Gasteiger partial charge in [-0.1, -0.05) is 42.5 Å². The Hall–Kier alpha value is -1.12. The maximum atomic E-state index is 10.4. The molecule has 1 aromatic carbocycles. The molecule has 86 valence electrons. The Balaban J connectivity index is 1.92. The second kappa shape index (κ2) is 4.81. The Kier molecular flexibility index (Phi) is 3.42. The summed E-state index contributed by atoms with van der Waals surface area (Å²) < 4.78 is 0. The highest BCUT2D eigenvalue weighted by atomic mass is 16.3. The summed E-state index contributed by atoms with van der Waals surface area (Å²) in [5.41, 5.74) is 0.178. The van der Waals surface area contributed by atoms with Crippen molar-refractivity contribution in [3.63, 3.8) is 0 Å². The van der Waals surface area contributed by atoms with Crippen LogP contribution in [-0.2, 0) is 5.60 Å². The Labute approximate surface area is 97.0 Å². The topological polar surface area (TPSA) is 32.3 Å². The zero-order valence-electron chi connectivity index (χ0n) is 9.69. The van der Waals surface area contributed by atoms with E-state index in [2.05, 4.69) is 17.5 Å². The first-order valence-electron chi connectivity index (χ1n) is 5.85. The van der Waals surface area contributed by atoms with Crippen molar-refractivity contribution < 1.29 is 5.11 Å². The molecule has 0 fully saturated rings. The lowest BCUT2D eigenvalue weighted by molar-refractivity contribution is 0.0542. The van der Waals surface area contributed by atoms with Crippen LogP contribution < -0.4 is 5.32 Å². The summed E-state index contributed by atoms with van der Waals surface area (Å²) in [6, 6.07) is 10.3. The molecule has 2 heteroatoms. The molecular weight excluding hydrogens is 198 g/mol. The van der Waals surface area contributed by atoms with Gasteiger partial charge in [0.05, 0.1) is 5.60 Å². The molecule has 1 aliphatic carbocycles. The lowest BCUT2D eigenvalue weighted by Crippen LogP contribution is -2.39. The minimum absolute atomic E-state index is 0.496. The SMILES string of the molecule is CC(O)(CNC1CC=CC1)c1ccccc1. The zero-order valence-corrected chi connectivity index (χ0v) is 9.69. The molecule has 1 aliphatic rings. The number of nitrogens with one attached hydrogen (secondary N) is 1. The minimum Gasteiger partial charge on any atom is -0.384 e. The fourth-order valence-electron chi connectivity index (χ4n) is 2.03. The molecule has 0 aromatic heterocycles. The first kappa shape index (κ1) is 11.4. The van der Waals surface area contributed by atoms with Crippen LogP contribution in [-0.4, -0.2) is 17.7 Å². The Bertz CT molecular complexity index is 348. The van der Waals surface area contributed by atoms with Gasteiger partial charge in [-0.15, -0.1) is 0 Å². The van der Waals surface area contributed by atoms with Crippen molar-refractivity contribution in [3.8, 4) is 0 Å². The maximum Gasteiger partial charge on any atom is 0.0992 e.